The summed E-state index contributed by atoms with van der Waals surface area (Å²) >= 11 is 0. The van der Waals surface area contributed by atoms with Crippen LogP contribution in [0.25, 0.3) is 0 Å². The highest BCUT2D eigenvalue weighted by Gasteiger charge is 2.13. The molecule has 106 valence electrons. The molecule has 19 heavy (non-hydrogen) atoms. The molecule has 1 N–H and O–H groups in total. The summed E-state index contributed by atoms with van der Waals surface area (Å²) in [7, 11) is 1.74. The molecule has 1 aromatic carbocycles. The van der Waals surface area contributed by atoms with E-state index in [1.165, 1.54) is 11.3 Å². The van der Waals surface area contributed by atoms with Gasteiger partial charge in [-0.25, -0.2) is 0 Å². The Kier molecular flexibility index (Phi) is 7.23. The van der Waals surface area contributed by atoms with E-state index >= 15 is 0 Å². The molecule has 0 radical (unpaired) electrons. The molecule has 3 heteroatoms. The van der Waals surface area contributed by atoms with Gasteiger partial charge in [0.2, 0.25) is 0 Å². The molecule has 0 aliphatic rings. The van der Waals surface area contributed by atoms with Gasteiger partial charge < -0.3 is 15.0 Å². The van der Waals surface area contributed by atoms with E-state index in [1.54, 1.807) is 7.11 Å². The molecular formula is C16H26N2O. The Labute approximate surface area is 117 Å². The second-order valence-corrected chi connectivity index (χ2v) is 4.57. The van der Waals surface area contributed by atoms with Crippen molar-refractivity contribution in [2.45, 2.75) is 19.9 Å². The molecule has 0 spiro atoms. The van der Waals surface area contributed by atoms with E-state index in [1.807, 2.05) is 6.08 Å². The smallest absolute Gasteiger partial charge is 0.0637 e. The summed E-state index contributed by atoms with van der Waals surface area (Å²) in [6.07, 6.45) is 1.93. The monoisotopic (exact) mass is 262 g/mol. The Hall–Kier alpha value is -1.32. The van der Waals surface area contributed by atoms with E-state index in [2.05, 4.69) is 54.9 Å². The number of anilines is 1. The van der Waals surface area contributed by atoms with Crippen LogP contribution in [-0.4, -0.2) is 33.4 Å². The number of hydrogen-bond acceptors (Lipinski definition) is 3. The molecule has 0 heterocycles. The average Bonchev–Trinajstić information content (AvgIpc) is 2.44. The second-order valence-electron chi connectivity index (χ2n) is 4.57. The first-order valence-corrected chi connectivity index (χ1v) is 6.91. The molecule has 0 aromatic heterocycles. The van der Waals surface area contributed by atoms with Crippen LogP contribution in [0.5, 0.6) is 0 Å². The summed E-state index contributed by atoms with van der Waals surface area (Å²) in [5.74, 6) is 0. The van der Waals surface area contributed by atoms with Crippen LogP contribution >= 0.6 is 0 Å². The first-order valence-electron chi connectivity index (χ1n) is 6.91. The van der Waals surface area contributed by atoms with Gasteiger partial charge in [-0.1, -0.05) is 31.2 Å². The van der Waals surface area contributed by atoms with Gasteiger partial charge in [-0.15, -0.1) is 6.58 Å². The summed E-state index contributed by atoms with van der Waals surface area (Å²) in [4.78, 5) is 2.31. The van der Waals surface area contributed by atoms with Gasteiger partial charge in [0.1, 0.15) is 0 Å². The van der Waals surface area contributed by atoms with Gasteiger partial charge in [-0.3, -0.25) is 0 Å². The topological polar surface area (TPSA) is 24.5 Å². The minimum atomic E-state index is 0.344. The third-order valence-corrected chi connectivity index (χ3v) is 3.17. The minimum Gasteiger partial charge on any atom is -0.383 e. The van der Waals surface area contributed by atoms with E-state index in [-0.39, 0.29) is 0 Å². The van der Waals surface area contributed by atoms with Crippen molar-refractivity contribution < 1.29 is 4.74 Å². The van der Waals surface area contributed by atoms with Crippen molar-refractivity contribution in [2.24, 2.45) is 0 Å². The average molecular weight is 262 g/mol. The van der Waals surface area contributed by atoms with E-state index in [0.29, 0.717) is 6.04 Å². The lowest BCUT2D eigenvalue weighted by Gasteiger charge is -2.28. The Morgan fingerprint density at radius 1 is 1.42 bits per heavy atom. The SMILES string of the molecule is C=CCN(CCOC)c1ccccc1C(C)NCC. The fourth-order valence-electron chi connectivity index (χ4n) is 2.23. The Morgan fingerprint density at radius 3 is 2.79 bits per heavy atom. The van der Waals surface area contributed by atoms with Crippen LogP contribution in [0.4, 0.5) is 5.69 Å². The molecule has 0 aliphatic heterocycles. The summed E-state index contributed by atoms with van der Waals surface area (Å²) in [6, 6.07) is 8.87. The molecule has 1 aromatic rings. The number of hydrogen-bond donors (Lipinski definition) is 1. The third-order valence-electron chi connectivity index (χ3n) is 3.17. The predicted molar refractivity (Wildman–Crippen MR) is 82.8 cm³/mol. The molecule has 1 atom stereocenters. The summed E-state index contributed by atoms with van der Waals surface area (Å²) in [5, 5.41) is 3.47. The third kappa shape index (κ3) is 4.69. The van der Waals surface area contributed by atoms with Gasteiger partial charge in [-0.05, 0) is 25.1 Å². The van der Waals surface area contributed by atoms with Crippen molar-refractivity contribution in [3.8, 4) is 0 Å². The van der Waals surface area contributed by atoms with Crippen molar-refractivity contribution in [3.05, 3.63) is 42.5 Å². The van der Waals surface area contributed by atoms with Crippen LogP contribution in [0.3, 0.4) is 0 Å². The zero-order valence-electron chi connectivity index (χ0n) is 12.4. The molecule has 0 amide bonds. The Balaban J connectivity index is 2.96. The van der Waals surface area contributed by atoms with Crippen molar-refractivity contribution in [2.75, 3.05) is 38.3 Å². The van der Waals surface area contributed by atoms with E-state index in [0.717, 1.165) is 26.2 Å². The lowest BCUT2D eigenvalue weighted by Crippen LogP contribution is -2.29. The number of nitrogens with one attached hydrogen (secondary N) is 1. The minimum absolute atomic E-state index is 0.344. The van der Waals surface area contributed by atoms with Gasteiger partial charge >= 0.3 is 0 Å². The first kappa shape index (κ1) is 15.7. The lowest BCUT2D eigenvalue weighted by molar-refractivity contribution is 0.205. The molecular weight excluding hydrogens is 236 g/mol. The van der Waals surface area contributed by atoms with Gasteiger partial charge in [0.25, 0.3) is 0 Å². The lowest BCUT2D eigenvalue weighted by atomic mass is 10.0. The van der Waals surface area contributed by atoms with Gasteiger partial charge in [0, 0.05) is 31.9 Å². The molecule has 1 unspecified atom stereocenters. The quantitative estimate of drug-likeness (QED) is 0.692. The maximum atomic E-state index is 5.20. The number of nitrogens with zero attached hydrogens (tertiary/aromatic N) is 1. The summed E-state index contributed by atoms with van der Waals surface area (Å²) in [5.41, 5.74) is 2.58. The summed E-state index contributed by atoms with van der Waals surface area (Å²) < 4.78 is 5.20. The van der Waals surface area contributed by atoms with Crippen LogP contribution in [-0.2, 0) is 4.74 Å². The highest BCUT2D eigenvalue weighted by molar-refractivity contribution is 5.55. The normalized spacial score (nSPS) is 12.2. The number of benzene rings is 1. The molecule has 3 nitrogen and oxygen atoms in total. The number of ether oxygens (including phenoxy) is 1. The maximum absolute atomic E-state index is 5.20. The van der Waals surface area contributed by atoms with Crippen molar-refractivity contribution >= 4 is 5.69 Å². The highest BCUT2D eigenvalue weighted by Crippen LogP contribution is 2.26. The van der Waals surface area contributed by atoms with E-state index < -0.39 is 0 Å². The van der Waals surface area contributed by atoms with Gasteiger partial charge in [-0.2, -0.15) is 0 Å². The largest absolute Gasteiger partial charge is 0.383 e. The van der Waals surface area contributed by atoms with Crippen molar-refractivity contribution in [1.29, 1.82) is 0 Å². The Bertz CT molecular complexity index is 379. The number of para-hydroxylation sites is 1. The second kappa shape index (κ2) is 8.73. The molecule has 1 rings (SSSR count). The zero-order valence-corrected chi connectivity index (χ0v) is 12.4. The first-order chi connectivity index (χ1) is 9.24. The van der Waals surface area contributed by atoms with Gasteiger partial charge in [0.05, 0.1) is 6.61 Å². The maximum Gasteiger partial charge on any atom is 0.0637 e. The fourth-order valence-corrected chi connectivity index (χ4v) is 2.23. The highest BCUT2D eigenvalue weighted by atomic mass is 16.5. The van der Waals surface area contributed by atoms with Gasteiger partial charge in [0.15, 0.2) is 0 Å². The zero-order chi connectivity index (χ0) is 14.1. The summed E-state index contributed by atoms with van der Waals surface area (Å²) in [6.45, 7) is 11.6. The van der Waals surface area contributed by atoms with Crippen LogP contribution in [0.15, 0.2) is 36.9 Å². The van der Waals surface area contributed by atoms with Crippen LogP contribution in [0, 0.1) is 0 Å². The van der Waals surface area contributed by atoms with E-state index in [9.17, 15) is 0 Å². The van der Waals surface area contributed by atoms with E-state index in [4.69, 9.17) is 4.74 Å². The predicted octanol–water partition coefficient (Wildman–Crippen LogP) is 3.00. The molecule has 0 bridgehead atoms. The van der Waals surface area contributed by atoms with Crippen molar-refractivity contribution in [3.63, 3.8) is 0 Å². The van der Waals surface area contributed by atoms with Crippen LogP contribution in [0.1, 0.15) is 25.5 Å². The molecule has 0 fully saturated rings. The fraction of sp³-hybridized carbons (Fsp3) is 0.500. The van der Waals surface area contributed by atoms with Crippen molar-refractivity contribution in [1.82, 2.24) is 5.32 Å². The standard InChI is InChI=1S/C16H26N2O/c1-5-11-18(12-13-19-4)16-10-8-7-9-15(16)14(3)17-6-2/h5,7-10,14,17H,1,6,11-13H2,2-4H3. The van der Waals surface area contributed by atoms with Crippen LogP contribution < -0.4 is 10.2 Å². The number of methoxy groups -OCH3 is 1. The molecule has 0 saturated heterocycles. The molecule has 0 aliphatic carbocycles. The molecule has 0 saturated carbocycles. The number of rotatable bonds is 9. The Morgan fingerprint density at radius 2 is 2.16 bits per heavy atom. The van der Waals surface area contributed by atoms with Crippen LogP contribution in [0.2, 0.25) is 0 Å².